The molecule has 7 nitrogen and oxygen atoms in total. The summed E-state index contributed by atoms with van der Waals surface area (Å²) in [6.07, 6.45) is 0. The molecule has 0 aliphatic heterocycles. The number of fused-ring (bicyclic) bond motifs is 1. The van der Waals surface area contributed by atoms with E-state index >= 15 is 0 Å². The van der Waals surface area contributed by atoms with Crippen molar-refractivity contribution in [1.82, 2.24) is 19.8 Å². The standard InChI is InChI=1S/C18H14BrN5O2S/c1-2-26-14-8-6-11(7-9-14)15-21-22-18-24(15)23-17(27-18)20-16(25)12-4-3-5-13(19)10-12/h3-10H,2H2,1H3,(H,20,23,25). The average molecular weight is 444 g/mol. The first-order valence-electron chi connectivity index (χ1n) is 8.16. The van der Waals surface area contributed by atoms with Crippen LogP contribution in [0.2, 0.25) is 0 Å². The van der Waals surface area contributed by atoms with Crippen molar-refractivity contribution in [1.29, 1.82) is 0 Å². The van der Waals surface area contributed by atoms with Gasteiger partial charge in [-0.15, -0.1) is 15.3 Å². The summed E-state index contributed by atoms with van der Waals surface area (Å²) in [4.78, 5) is 13.0. The number of amides is 1. The molecule has 2 aromatic heterocycles. The van der Waals surface area contributed by atoms with E-state index in [1.54, 1.807) is 16.6 Å². The van der Waals surface area contributed by atoms with Gasteiger partial charge in [0.15, 0.2) is 5.82 Å². The Hall–Kier alpha value is -2.78. The van der Waals surface area contributed by atoms with E-state index in [2.05, 4.69) is 36.5 Å². The quantitative estimate of drug-likeness (QED) is 0.498. The van der Waals surface area contributed by atoms with Crippen LogP contribution in [0.15, 0.2) is 53.0 Å². The molecule has 1 amide bonds. The Labute approximate surface area is 167 Å². The van der Waals surface area contributed by atoms with Crippen molar-refractivity contribution in [3.63, 3.8) is 0 Å². The molecule has 0 radical (unpaired) electrons. The highest BCUT2D eigenvalue weighted by atomic mass is 79.9. The average Bonchev–Trinajstić information content (AvgIpc) is 3.23. The fourth-order valence-corrected chi connectivity index (χ4v) is 3.65. The highest BCUT2D eigenvalue weighted by Gasteiger charge is 2.15. The van der Waals surface area contributed by atoms with Gasteiger partial charge in [-0.25, -0.2) is 0 Å². The van der Waals surface area contributed by atoms with Crippen LogP contribution in [0.25, 0.3) is 16.3 Å². The van der Waals surface area contributed by atoms with Crippen LogP contribution in [-0.2, 0) is 0 Å². The van der Waals surface area contributed by atoms with Gasteiger partial charge < -0.3 is 4.74 Å². The van der Waals surface area contributed by atoms with Crippen molar-refractivity contribution < 1.29 is 9.53 Å². The maximum Gasteiger partial charge on any atom is 0.257 e. The summed E-state index contributed by atoms with van der Waals surface area (Å²) in [6.45, 7) is 2.55. The summed E-state index contributed by atoms with van der Waals surface area (Å²) in [6, 6.07) is 14.7. The van der Waals surface area contributed by atoms with E-state index in [-0.39, 0.29) is 5.91 Å². The predicted octanol–water partition coefficient (Wildman–Crippen LogP) is 4.27. The first-order valence-corrected chi connectivity index (χ1v) is 9.77. The number of hydrogen-bond acceptors (Lipinski definition) is 6. The first kappa shape index (κ1) is 17.6. The van der Waals surface area contributed by atoms with E-state index < -0.39 is 0 Å². The zero-order chi connectivity index (χ0) is 18.8. The summed E-state index contributed by atoms with van der Waals surface area (Å²) >= 11 is 4.62. The molecule has 0 aliphatic carbocycles. The molecule has 0 saturated carbocycles. The highest BCUT2D eigenvalue weighted by molar-refractivity contribution is 9.10. The van der Waals surface area contributed by atoms with Crippen LogP contribution < -0.4 is 10.1 Å². The van der Waals surface area contributed by atoms with Crippen molar-refractivity contribution in [2.45, 2.75) is 6.92 Å². The number of benzene rings is 2. The number of anilines is 1. The minimum absolute atomic E-state index is 0.233. The lowest BCUT2D eigenvalue weighted by molar-refractivity contribution is 0.102. The van der Waals surface area contributed by atoms with Crippen molar-refractivity contribution in [2.24, 2.45) is 0 Å². The van der Waals surface area contributed by atoms with Crippen LogP contribution in [-0.4, -0.2) is 32.3 Å². The Kier molecular flexibility index (Phi) is 4.87. The third kappa shape index (κ3) is 3.69. The second-order valence-corrected chi connectivity index (χ2v) is 7.42. The smallest absolute Gasteiger partial charge is 0.257 e. The molecule has 4 aromatic rings. The molecule has 9 heteroatoms. The van der Waals surface area contributed by atoms with Gasteiger partial charge in [-0.2, -0.15) is 4.52 Å². The van der Waals surface area contributed by atoms with Gasteiger partial charge in [0.05, 0.1) is 6.61 Å². The monoisotopic (exact) mass is 443 g/mol. The Morgan fingerprint density at radius 2 is 2.04 bits per heavy atom. The summed E-state index contributed by atoms with van der Waals surface area (Å²) in [7, 11) is 0. The number of rotatable bonds is 5. The fourth-order valence-electron chi connectivity index (χ4n) is 2.51. The highest BCUT2D eigenvalue weighted by Crippen LogP contribution is 2.26. The van der Waals surface area contributed by atoms with E-state index in [9.17, 15) is 4.79 Å². The van der Waals surface area contributed by atoms with Gasteiger partial charge in [0, 0.05) is 15.6 Å². The number of carbonyl (C=O) groups is 1. The molecule has 0 saturated heterocycles. The zero-order valence-electron chi connectivity index (χ0n) is 14.2. The first-order chi connectivity index (χ1) is 13.1. The zero-order valence-corrected chi connectivity index (χ0v) is 16.6. The van der Waals surface area contributed by atoms with Gasteiger partial charge in [0.2, 0.25) is 10.1 Å². The van der Waals surface area contributed by atoms with Crippen LogP contribution in [0.1, 0.15) is 17.3 Å². The molecule has 0 unspecified atom stereocenters. The number of carbonyl (C=O) groups excluding carboxylic acids is 1. The normalized spacial score (nSPS) is 10.9. The Balaban J connectivity index is 1.59. The second-order valence-electron chi connectivity index (χ2n) is 5.55. The van der Waals surface area contributed by atoms with Gasteiger partial charge in [-0.05, 0) is 49.4 Å². The summed E-state index contributed by atoms with van der Waals surface area (Å²) in [5.74, 6) is 1.17. The number of nitrogens with one attached hydrogen (secondary N) is 1. The van der Waals surface area contributed by atoms with Gasteiger partial charge >= 0.3 is 0 Å². The largest absolute Gasteiger partial charge is 0.494 e. The van der Waals surface area contributed by atoms with Gasteiger partial charge in [0.25, 0.3) is 5.91 Å². The molecule has 0 fully saturated rings. The lowest BCUT2D eigenvalue weighted by atomic mass is 10.2. The molecule has 0 aliphatic rings. The van der Waals surface area contributed by atoms with Crippen LogP contribution in [0.5, 0.6) is 5.75 Å². The molecule has 0 bridgehead atoms. The number of halogens is 1. The van der Waals surface area contributed by atoms with Crippen molar-refractivity contribution in [3.05, 3.63) is 58.6 Å². The third-order valence-electron chi connectivity index (χ3n) is 3.72. The molecule has 1 N–H and O–H groups in total. The van der Waals surface area contributed by atoms with Crippen molar-refractivity contribution in [3.8, 4) is 17.1 Å². The number of aromatic nitrogens is 4. The minimum Gasteiger partial charge on any atom is -0.494 e. The summed E-state index contributed by atoms with van der Waals surface area (Å²) in [5, 5.41) is 16.0. The third-order valence-corrected chi connectivity index (χ3v) is 5.03. The number of ether oxygens (including phenoxy) is 1. The minimum atomic E-state index is -0.233. The summed E-state index contributed by atoms with van der Waals surface area (Å²) in [5.41, 5.74) is 1.41. The van der Waals surface area contributed by atoms with Crippen LogP contribution in [0.3, 0.4) is 0 Å². The molecule has 136 valence electrons. The Morgan fingerprint density at radius 1 is 1.22 bits per heavy atom. The van der Waals surface area contributed by atoms with E-state index in [1.165, 1.54) is 11.3 Å². The Bertz CT molecular complexity index is 1110. The summed E-state index contributed by atoms with van der Waals surface area (Å²) < 4.78 is 7.92. The molecular weight excluding hydrogens is 430 g/mol. The maximum atomic E-state index is 12.4. The number of nitrogens with zero attached hydrogens (tertiary/aromatic N) is 4. The lowest BCUT2D eigenvalue weighted by Gasteiger charge is -2.03. The van der Waals surface area contributed by atoms with E-state index in [4.69, 9.17) is 4.74 Å². The number of hydrogen-bond donors (Lipinski definition) is 1. The van der Waals surface area contributed by atoms with Crippen LogP contribution in [0, 0.1) is 0 Å². The molecule has 2 aromatic carbocycles. The Morgan fingerprint density at radius 3 is 2.78 bits per heavy atom. The molecule has 0 atom stereocenters. The van der Waals surface area contributed by atoms with Crippen molar-refractivity contribution in [2.75, 3.05) is 11.9 Å². The van der Waals surface area contributed by atoms with Gasteiger partial charge in [-0.1, -0.05) is 33.3 Å². The topological polar surface area (TPSA) is 81.4 Å². The lowest BCUT2D eigenvalue weighted by Crippen LogP contribution is -2.11. The van der Waals surface area contributed by atoms with E-state index in [0.717, 1.165) is 15.8 Å². The van der Waals surface area contributed by atoms with Crippen molar-refractivity contribution >= 4 is 43.3 Å². The van der Waals surface area contributed by atoms with E-state index in [1.807, 2.05) is 43.3 Å². The second kappa shape index (κ2) is 7.45. The van der Waals surface area contributed by atoms with Crippen LogP contribution in [0.4, 0.5) is 5.13 Å². The fraction of sp³-hybridized carbons (Fsp3) is 0.111. The molecule has 0 spiro atoms. The van der Waals surface area contributed by atoms with Gasteiger partial charge in [-0.3, -0.25) is 10.1 Å². The molecular formula is C18H14BrN5O2S. The maximum absolute atomic E-state index is 12.4. The van der Waals surface area contributed by atoms with Crippen LogP contribution >= 0.6 is 27.3 Å². The molecule has 2 heterocycles. The predicted molar refractivity (Wildman–Crippen MR) is 107 cm³/mol. The van der Waals surface area contributed by atoms with E-state index in [0.29, 0.717) is 28.1 Å². The molecule has 27 heavy (non-hydrogen) atoms. The van der Waals surface area contributed by atoms with Gasteiger partial charge in [0.1, 0.15) is 5.75 Å². The SMILES string of the molecule is CCOc1ccc(-c2nnc3sc(NC(=O)c4cccc(Br)c4)nn23)cc1. The molecule has 4 rings (SSSR count).